The molecule has 0 unspecified atom stereocenters. The third-order valence-electron chi connectivity index (χ3n) is 4.26. The van der Waals surface area contributed by atoms with Gasteiger partial charge in [0.2, 0.25) is 0 Å². The summed E-state index contributed by atoms with van der Waals surface area (Å²) in [5, 5.41) is 3.54. The first-order valence-corrected chi connectivity index (χ1v) is 8.85. The summed E-state index contributed by atoms with van der Waals surface area (Å²) in [5.41, 5.74) is 4.38. The summed E-state index contributed by atoms with van der Waals surface area (Å²) in [5.74, 6) is 0. The van der Waals surface area contributed by atoms with E-state index in [1.807, 2.05) is 0 Å². The summed E-state index contributed by atoms with van der Waals surface area (Å²) in [6.45, 7) is 5.51. The predicted molar refractivity (Wildman–Crippen MR) is 95.9 cm³/mol. The van der Waals surface area contributed by atoms with Crippen molar-refractivity contribution in [3.63, 3.8) is 0 Å². The minimum Gasteiger partial charge on any atom is -0.313 e. The highest BCUT2D eigenvalue weighted by Crippen LogP contribution is 2.18. The minimum absolute atomic E-state index is 0.947. The summed E-state index contributed by atoms with van der Waals surface area (Å²) in [6, 6.07) is 17.3. The lowest BCUT2D eigenvalue weighted by Gasteiger charge is -2.28. The third-order valence-corrected chi connectivity index (χ3v) is 4.75. The van der Waals surface area contributed by atoms with Crippen LogP contribution >= 0.6 is 15.9 Å². The van der Waals surface area contributed by atoms with Crippen LogP contribution in [0, 0.1) is 0 Å². The third kappa shape index (κ3) is 4.42. The molecule has 1 aliphatic rings. The van der Waals surface area contributed by atoms with E-state index in [4.69, 9.17) is 0 Å². The van der Waals surface area contributed by atoms with Crippen molar-refractivity contribution in [1.82, 2.24) is 10.2 Å². The van der Waals surface area contributed by atoms with Gasteiger partial charge in [0.05, 0.1) is 0 Å². The zero-order valence-corrected chi connectivity index (χ0v) is 14.5. The van der Waals surface area contributed by atoms with Gasteiger partial charge in [0.1, 0.15) is 0 Å². The first kappa shape index (κ1) is 15.7. The molecule has 1 heterocycles. The second kappa shape index (κ2) is 7.91. The van der Waals surface area contributed by atoms with Gasteiger partial charge in [0.15, 0.2) is 0 Å². The number of hydrogen-bond donors (Lipinski definition) is 1. The SMILES string of the molecule is Brc1cccc(CNCCCN2CCc3ccccc3C2)c1. The van der Waals surface area contributed by atoms with Crippen molar-refractivity contribution in [3.8, 4) is 0 Å². The molecule has 2 nitrogen and oxygen atoms in total. The minimum atomic E-state index is 0.947. The highest BCUT2D eigenvalue weighted by Gasteiger charge is 2.14. The fourth-order valence-electron chi connectivity index (χ4n) is 3.05. The van der Waals surface area contributed by atoms with E-state index in [0.717, 1.165) is 24.1 Å². The van der Waals surface area contributed by atoms with Crippen LogP contribution in [0.3, 0.4) is 0 Å². The van der Waals surface area contributed by atoms with Gasteiger partial charge in [-0.1, -0.05) is 52.3 Å². The van der Waals surface area contributed by atoms with Gasteiger partial charge >= 0.3 is 0 Å². The van der Waals surface area contributed by atoms with Crippen LogP contribution in [0.1, 0.15) is 23.1 Å². The highest BCUT2D eigenvalue weighted by atomic mass is 79.9. The quantitative estimate of drug-likeness (QED) is 0.785. The zero-order valence-electron chi connectivity index (χ0n) is 12.9. The highest BCUT2D eigenvalue weighted by molar-refractivity contribution is 9.10. The van der Waals surface area contributed by atoms with Gasteiger partial charge in [-0.05, 0) is 54.8 Å². The molecule has 0 radical (unpaired) electrons. The van der Waals surface area contributed by atoms with Gasteiger partial charge < -0.3 is 5.32 Å². The molecule has 22 heavy (non-hydrogen) atoms. The van der Waals surface area contributed by atoms with Crippen LogP contribution in [0.5, 0.6) is 0 Å². The Morgan fingerprint density at radius 3 is 2.77 bits per heavy atom. The molecule has 3 rings (SSSR count). The van der Waals surface area contributed by atoms with Gasteiger partial charge in [0.25, 0.3) is 0 Å². The van der Waals surface area contributed by atoms with Crippen molar-refractivity contribution < 1.29 is 0 Å². The van der Waals surface area contributed by atoms with Gasteiger partial charge in [-0.2, -0.15) is 0 Å². The van der Waals surface area contributed by atoms with Crippen LogP contribution in [-0.4, -0.2) is 24.5 Å². The van der Waals surface area contributed by atoms with E-state index in [2.05, 4.69) is 74.7 Å². The van der Waals surface area contributed by atoms with E-state index >= 15 is 0 Å². The number of rotatable bonds is 6. The lowest BCUT2D eigenvalue weighted by molar-refractivity contribution is 0.250. The summed E-state index contributed by atoms with van der Waals surface area (Å²) < 4.78 is 1.15. The molecule has 1 aliphatic heterocycles. The molecule has 1 N–H and O–H groups in total. The molecule has 2 aromatic rings. The Morgan fingerprint density at radius 2 is 1.91 bits per heavy atom. The molecule has 0 bridgehead atoms. The predicted octanol–water partition coefficient (Wildman–Crippen LogP) is 3.99. The average Bonchev–Trinajstić information content (AvgIpc) is 2.54. The number of benzene rings is 2. The Labute approximate surface area is 141 Å². The molecule has 0 aromatic heterocycles. The normalized spacial score (nSPS) is 14.8. The van der Waals surface area contributed by atoms with Crippen molar-refractivity contribution in [1.29, 1.82) is 0 Å². The fourth-order valence-corrected chi connectivity index (χ4v) is 3.50. The second-order valence-corrected chi connectivity index (χ2v) is 6.87. The number of hydrogen-bond acceptors (Lipinski definition) is 2. The Balaban J connectivity index is 1.36. The van der Waals surface area contributed by atoms with Crippen molar-refractivity contribution in [2.75, 3.05) is 19.6 Å². The number of fused-ring (bicyclic) bond motifs is 1. The standard InChI is InChI=1S/C19H23BrN2/c20-19-8-3-5-16(13-19)14-21-10-4-11-22-12-9-17-6-1-2-7-18(17)15-22/h1-3,5-8,13,21H,4,9-12,14-15H2. The zero-order chi connectivity index (χ0) is 15.2. The van der Waals surface area contributed by atoms with Crippen molar-refractivity contribution in [2.45, 2.75) is 25.9 Å². The molecule has 0 atom stereocenters. The fraction of sp³-hybridized carbons (Fsp3) is 0.368. The Morgan fingerprint density at radius 1 is 1.05 bits per heavy atom. The lowest BCUT2D eigenvalue weighted by Crippen LogP contribution is -2.32. The maximum atomic E-state index is 3.54. The lowest BCUT2D eigenvalue weighted by atomic mass is 10.00. The van der Waals surface area contributed by atoms with E-state index in [-0.39, 0.29) is 0 Å². The molecular formula is C19H23BrN2. The summed E-state index contributed by atoms with van der Waals surface area (Å²) >= 11 is 3.52. The largest absolute Gasteiger partial charge is 0.313 e. The molecule has 0 fully saturated rings. The van der Waals surface area contributed by atoms with Gasteiger partial charge in [-0.25, -0.2) is 0 Å². The topological polar surface area (TPSA) is 15.3 Å². The van der Waals surface area contributed by atoms with Crippen molar-refractivity contribution in [3.05, 3.63) is 69.7 Å². The van der Waals surface area contributed by atoms with Gasteiger partial charge in [0, 0.05) is 24.1 Å². The Hall–Kier alpha value is -1.16. The van der Waals surface area contributed by atoms with E-state index < -0.39 is 0 Å². The molecule has 2 aromatic carbocycles. The smallest absolute Gasteiger partial charge is 0.0236 e. The van der Waals surface area contributed by atoms with Crippen LogP contribution in [0.4, 0.5) is 0 Å². The summed E-state index contributed by atoms with van der Waals surface area (Å²) in [7, 11) is 0. The first-order valence-electron chi connectivity index (χ1n) is 8.05. The van der Waals surface area contributed by atoms with Crippen LogP contribution in [-0.2, 0) is 19.5 Å². The molecule has 3 heteroatoms. The monoisotopic (exact) mass is 358 g/mol. The van der Waals surface area contributed by atoms with E-state index in [1.54, 1.807) is 0 Å². The summed E-state index contributed by atoms with van der Waals surface area (Å²) in [4.78, 5) is 2.57. The van der Waals surface area contributed by atoms with Crippen LogP contribution in [0.2, 0.25) is 0 Å². The van der Waals surface area contributed by atoms with E-state index in [1.165, 1.54) is 42.6 Å². The average molecular weight is 359 g/mol. The van der Waals surface area contributed by atoms with E-state index in [0.29, 0.717) is 0 Å². The number of nitrogens with one attached hydrogen (secondary N) is 1. The van der Waals surface area contributed by atoms with Crippen molar-refractivity contribution in [2.24, 2.45) is 0 Å². The first-order chi connectivity index (χ1) is 10.8. The molecule has 0 saturated heterocycles. The Kier molecular flexibility index (Phi) is 5.65. The summed E-state index contributed by atoms with van der Waals surface area (Å²) in [6.07, 6.45) is 2.40. The van der Waals surface area contributed by atoms with Crippen molar-refractivity contribution >= 4 is 15.9 Å². The molecule has 0 aliphatic carbocycles. The maximum Gasteiger partial charge on any atom is 0.0236 e. The maximum absolute atomic E-state index is 3.54. The van der Waals surface area contributed by atoms with Gasteiger partial charge in [-0.3, -0.25) is 4.90 Å². The van der Waals surface area contributed by atoms with E-state index in [9.17, 15) is 0 Å². The molecule has 116 valence electrons. The molecule has 0 amide bonds. The Bertz CT molecular complexity index is 612. The molecular weight excluding hydrogens is 336 g/mol. The van der Waals surface area contributed by atoms with Crippen LogP contribution in [0.15, 0.2) is 53.0 Å². The van der Waals surface area contributed by atoms with Crippen LogP contribution in [0.25, 0.3) is 0 Å². The van der Waals surface area contributed by atoms with Crippen LogP contribution < -0.4 is 5.32 Å². The van der Waals surface area contributed by atoms with Gasteiger partial charge in [-0.15, -0.1) is 0 Å². The second-order valence-electron chi connectivity index (χ2n) is 5.96. The number of nitrogens with zero attached hydrogens (tertiary/aromatic N) is 1. The molecule has 0 saturated carbocycles. The number of halogens is 1. The molecule has 0 spiro atoms.